The predicted molar refractivity (Wildman–Crippen MR) is 110 cm³/mol. The van der Waals surface area contributed by atoms with Gasteiger partial charge in [-0.25, -0.2) is 9.69 Å². The molecule has 3 aliphatic rings. The van der Waals surface area contributed by atoms with Gasteiger partial charge in [-0.3, -0.25) is 14.9 Å². The maximum Gasteiger partial charge on any atom is 0.416 e. The van der Waals surface area contributed by atoms with Crippen LogP contribution in [0.3, 0.4) is 0 Å². The van der Waals surface area contributed by atoms with E-state index < -0.39 is 41.0 Å². The number of benzene rings is 2. The Bertz CT molecular complexity index is 1120. The standard InChI is InChI=1S/C23H20F3N3O3/c24-23(25,26)15-9-10-17-14(12-15)13-22(18-8-4-5-11-28(17)18)19(30)27-21(32)29(20(22)31)16-6-2-1-3-7-16/h1-3,6-7,9-10,12,18H,4-5,8,11,13H2,(H,27,30,32)/t18-,22+/m1/s1. The summed E-state index contributed by atoms with van der Waals surface area (Å²) in [6, 6.07) is 10.3. The Hall–Kier alpha value is -3.36. The van der Waals surface area contributed by atoms with E-state index in [1.807, 2.05) is 4.90 Å². The smallest absolute Gasteiger partial charge is 0.367 e. The Morgan fingerprint density at radius 3 is 2.47 bits per heavy atom. The summed E-state index contributed by atoms with van der Waals surface area (Å²) in [5, 5.41) is 2.31. The van der Waals surface area contributed by atoms with Crippen LogP contribution in [0.2, 0.25) is 0 Å². The molecule has 1 N–H and O–H groups in total. The molecule has 32 heavy (non-hydrogen) atoms. The minimum Gasteiger partial charge on any atom is -0.367 e. The number of barbiturate groups is 1. The van der Waals surface area contributed by atoms with Crippen LogP contribution in [0, 0.1) is 5.41 Å². The van der Waals surface area contributed by atoms with Gasteiger partial charge in [-0.05, 0) is 61.6 Å². The molecule has 0 aromatic heterocycles. The molecule has 2 saturated heterocycles. The van der Waals surface area contributed by atoms with E-state index in [1.54, 1.807) is 30.3 Å². The third-order valence-electron chi connectivity index (χ3n) is 6.69. The van der Waals surface area contributed by atoms with E-state index in [-0.39, 0.29) is 12.0 Å². The number of para-hydroxylation sites is 1. The summed E-state index contributed by atoms with van der Waals surface area (Å²) in [6.45, 7) is 0.518. The van der Waals surface area contributed by atoms with E-state index in [0.29, 0.717) is 24.3 Å². The number of urea groups is 1. The van der Waals surface area contributed by atoms with Crippen molar-refractivity contribution in [1.29, 1.82) is 0 Å². The molecule has 2 aromatic carbocycles. The van der Waals surface area contributed by atoms with E-state index in [2.05, 4.69) is 5.32 Å². The summed E-state index contributed by atoms with van der Waals surface area (Å²) in [4.78, 5) is 42.6. The van der Waals surface area contributed by atoms with Crippen molar-refractivity contribution < 1.29 is 27.6 Å². The van der Waals surface area contributed by atoms with Gasteiger partial charge < -0.3 is 4.90 Å². The highest BCUT2D eigenvalue weighted by Crippen LogP contribution is 2.49. The van der Waals surface area contributed by atoms with E-state index in [4.69, 9.17) is 0 Å². The van der Waals surface area contributed by atoms with Crippen molar-refractivity contribution in [3.63, 3.8) is 0 Å². The van der Waals surface area contributed by atoms with Crippen molar-refractivity contribution in [2.45, 2.75) is 37.9 Å². The molecule has 9 heteroatoms. The second kappa shape index (κ2) is 7.08. The highest BCUT2D eigenvalue weighted by molar-refractivity contribution is 6.30. The molecule has 3 aliphatic heterocycles. The Labute approximate surface area is 182 Å². The minimum absolute atomic E-state index is 0.200. The van der Waals surface area contributed by atoms with Gasteiger partial charge in [0.2, 0.25) is 5.91 Å². The molecule has 0 saturated carbocycles. The molecule has 0 bridgehead atoms. The number of anilines is 2. The van der Waals surface area contributed by atoms with Gasteiger partial charge in [-0.15, -0.1) is 0 Å². The Morgan fingerprint density at radius 1 is 1.00 bits per heavy atom. The molecular formula is C23H20F3N3O3. The number of piperidine rings is 1. The molecule has 2 atom stereocenters. The molecule has 2 aromatic rings. The molecule has 166 valence electrons. The van der Waals surface area contributed by atoms with Crippen molar-refractivity contribution in [2.24, 2.45) is 5.41 Å². The lowest BCUT2D eigenvalue weighted by Crippen LogP contribution is -2.72. The molecule has 1 spiro atoms. The van der Waals surface area contributed by atoms with E-state index >= 15 is 0 Å². The fourth-order valence-electron chi connectivity index (χ4n) is 5.25. The lowest BCUT2D eigenvalue weighted by Gasteiger charge is -2.53. The molecule has 0 aliphatic carbocycles. The average molecular weight is 443 g/mol. The number of carbonyl (C=O) groups excluding carboxylic acids is 3. The number of nitrogens with one attached hydrogen (secondary N) is 1. The first-order valence-corrected chi connectivity index (χ1v) is 10.5. The predicted octanol–water partition coefficient (Wildman–Crippen LogP) is 3.89. The normalized spacial score (nSPS) is 25.5. The number of carbonyl (C=O) groups is 3. The fraction of sp³-hybridized carbons (Fsp3) is 0.348. The van der Waals surface area contributed by atoms with Crippen LogP contribution in [0.1, 0.15) is 30.4 Å². The van der Waals surface area contributed by atoms with Crippen LogP contribution < -0.4 is 15.1 Å². The van der Waals surface area contributed by atoms with Crippen LogP contribution in [0.5, 0.6) is 0 Å². The zero-order valence-electron chi connectivity index (χ0n) is 17.0. The minimum atomic E-state index is -4.55. The number of nitrogens with zero attached hydrogens (tertiary/aromatic N) is 2. The van der Waals surface area contributed by atoms with Crippen molar-refractivity contribution in [2.75, 3.05) is 16.3 Å². The zero-order valence-corrected chi connectivity index (χ0v) is 17.0. The number of imide groups is 2. The van der Waals surface area contributed by atoms with Crippen LogP contribution in [0.15, 0.2) is 48.5 Å². The van der Waals surface area contributed by atoms with E-state index in [0.717, 1.165) is 29.9 Å². The SMILES string of the molecule is O=C1NC(=O)[C@@]2(Cc3cc(C(F)(F)F)ccc3N3CCCC[C@@H]32)C(=O)N1c1ccccc1. The second-order valence-electron chi connectivity index (χ2n) is 8.43. The van der Waals surface area contributed by atoms with Gasteiger partial charge in [-0.2, -0.15) is 13.2 Å². The first-order chi connectivity index (χ1) is 15.2. The van der Waals surface area contributed by atoms with Crippen LogP contribution >= 0.6 is 0 Å². The van der Waals surface area contributed by atoms with Gasteiger partial charge in [0.15, 0.2) is 5.41 Å². The van der Waals surface area contributed by atoms with Crippen molar-refractivity contribution in [3.05, 3.63) is 59.7 Å². The van der Waals surface area contributed by atoms with Crippen molar-refractivity contribution in [1.82, 2.24) is 5.32 Å². The Morgan fingerprint density at radius 2 is 1.75 bits per heavy atom. The summed E-state index contributed by atoms with van der Waals surface area (Å²) >= 11 is 0. The quantitative estimate of drug-likeness (QED) is 0.679. The lowest BCUT2D eigenvalue weighted by molar-refractivity contribution is -0.145. The number of hydrogen-bond acceptors (Lipinski definition) is 4. The average Bonchev–Trinajstić information content (AvgIpc) is 2.77. The van der Waals surface area contributed by atoms with Gasteiger partial charge >= 0.3 is 12.2 Å². The van der Waals surface area contributed by atoms with Crippen molar-refractivity contribution in [3.8, 4) is 0 Å². The van der Waals surface area contributed by atoms with Crippen LogP contribution in [-0.2, 0) is 22.2 Å². The Balaban J connectivity index is 1.67. The molecule has 0 unspecified atom stereocenters. The monoisotopic (exact) mass is 443 g/mol. The number of hydrogen-bond donors (Lipinski definition) is 1. The number of fused-ring (bicyclic) bond motifs is 4. The van der Waals surface area contributed by atoms with Gasteiger partial charge in [0.1, 0.15) is 0 Å². The maximum atomic E-state index is 13.9. The lowest BCUT2D eigenvalue weighted by atomic mass is 9.66. The summed E-state index contributed by atoms with van der Waals surface area (Å²) in [5.41, 5.74) is -1.33. The third kappa shape index (κ3) is 2.91. The van der Waals surface area contributed by atoms with Gasteiger partial charge in [0, 0.05) is 12.2 Å². The molecule has 5 rings (SSSR count). The topological polar surface area (TPSA) is 69.7 Å². The second-order valence-corrected chi connectivity index (χ2v) is 8.43. The highest BCUT2D eigenvalue weighted by Gasteiger charge is 2.62. The van der Waals surface area contributed by atoms with Gasteiger partial charge in [-0.1, -0.05) is 18.2 Å². The number of halogens is 3. The molecule has 3 heterocycles. The summed E-state index contributed by atoms with van der Waals surface area (Å²) < 4.78 is 40.2. The molecular weight excluding hydrogens is 423 g/mol. The molecule has 4 amide bonds. The largest absolute Gasteiger partial charge is 0.416 e. The number of rotatable bonds is 1. The van der Waals surface area contributed by atoms with E-state index in [1.165, 1.54) is 6.07 Å². The first kappa shape index (κ1) is 20.5. The maximum absolute atomic E-state index is 13.9. The van der Waals surface area contributed by atoms with Crippen molar-refractivity contribution >= 4 is 29.2 Å². The summed E-state index contributed by atoms with van der Waals surface area (Å²) in [7, 11) is 0. The molecule has 0 radical (unpaired) electrons. The number of amides is 4. The van der Waals surface area contributed by atoms with Gasteiger partial charge in [0.05, 0.1) is 17.3 Å². The van der Waals surface area contributed by atoms with Crippen LogP contribution in [0.4, 0.5) is 29.3 Å². The third-order valence-corrected chi connectivity index (χ3v) is 6.69. The van der Waals surface area contributed by atoms with Crippen LogP contribution in [0.25, 0.3) is 0 Å². The van der Waals surface area contributed by atoms with Gasteiger partial charge in [0.25, 0.3) is 5.91 Å². The first-order valence-electron chi connectivity index (χ1n) is 10.5. The highest BCUT2D eigenvalue weighted by atomic mass is 19.4. The number of alkyl halides is 3. The summed E-state index contributed by atoms with van der Waals surface area (Å²) in [6.07, 6.45) is -2.65. The van der Waals surface area contributed by atoms with Crippen LogP contribution in [-0.4, -0.2) is 30.4 Å². The molecule has 2 fully saturated rings. The summed E-state index contributed by atoms with van der Waals surface area (Å²) in [5.74, 6) is -1.45. The van der Waals surface area contributed by atoms with E-state index in [9.17, 15) is 27.6 Å². The Kier molecular flexibility index (Phi) is 4.54. The molecule has 6 nitrogen and oxygen atoms in total. The fourth-order valence-corrected chi connectivity index (χ4v) is 5.25. The zero-order chi connectivity index (χ0) is 22.7.